The predicted molar refractivity (Wildman–Crippen MR) is 67.1 cm³/mol. The minimum absolute atomic E-state index is 0.0726. The summed E-state index contributed by atoms with van der Waals surface area (Å²) in [6, 6.07) is 7.05. The van der Waals surface area contributed by atoms with Crippen molar-refractivity contribution in [1.29, 1.82) is 0 Å². The fourth-order valence-electron chi connectivity index (χ4n) is 1.70. The van der Waals surface area contributed by atoms with E-state index >= 15 is 0 Å². The number of anilines is 1. The summed E-state index contributed by atoms with van der Waals surface area (Å²) >= 11 is 0.550. The van der Waals surface area contributed by atoms with Crippen LogP contribution < -0.4 is 5.32 Å². The maximum absolute atomic E-state index is 12.4. The fraction of sp³-hybridized carbons (Fsp3) is 0.500. The van der Waals surface area contributed by atoms with Gasteiger partial charge < -0.3 is 14.8 Å². The van der Waals surface area contributed by atoms with Gasteiger partial charge in [-0.1, -0.05) is 23.9 Å². The molecule has 1 atom stereocenters. The van der Waals surface area contributed by atoms with Crippen LogP contribution in [0.5, 0.6) is 0 Å². The number of alkyl halides is 2. The molecule has 3 nitrogen and oxygen atoms in total. The number of hydrogen-bond acceptors (Lipinski definition) is 4. The molecule has 0 amide bonds. The highest BCUT2D eigenvalue weighted by molar-refractivity contribution is 7.99. The van der Waals surface area contributed by atoms with Gasteiger partial charge >= 0.3 is 0 Å². The Morgan fingerprint density at radius 3 is 2.94 bits per heavy atom. The Hall–Kier alpha value is -0.850. The highest BCUT2D eigenvalue weighted by atomic mass is 32.2. The predicted octanol–water partition coefficient (Wildman–Crippen LogP) is 3.18. The van der Waals surface area contributed by atoms with Gasteiger partial charge in [-0.15, -0.1) is 0 Å². The zero-order valence-corrected chi connectivity index (χ0v) is 10.6. The van der Waals surface area contributed by atoms with Crippen LogP contribution >= 0.6 is 11.8 Å². The van der Waals surface area contributed by atoms with Gasteiger partial charge in [-0.25, -0.2) is 0 Å². The highest BCUT2D eigenvalue weighted by Crippen LogP contribution is 2.31. The monoisotopic (exact) mass is 275 g/mol. The van der Waals surface area contributed by atoms with Crippen LogP contribution in [-0.2, 0) is 9.47 Å². The van der Waals surface area contributed by atoms with Gasteiger partial charge in [0.05, 0.1) is 12.7 Å². The van der Waals surface area contributed by atoms with Crippen LogP contribution in [0.25, 0.3) is 0 Å². The summed E-state index contributed by atoms with van der Waals surface area (Å²) in [5.74, 6) is -2.41. The van der Waals surface area contributed by atoms with Crippen molar-refractivity contribution < 1.29 is 18.3 Å². The standard InChI is InChI=1S/C12H15F2NO2S/c13-12(14)18-11-4-2-1-3-10(11)15-7-9-5-6-16-8-17-9/h1-4,9,12,15H,5-8H2. The molecule has 2 rings (SSSR count). The second-order valence-electron chi connectivity index (χ2n) is 3.86. The average molecular weight is 275 g/mol. The molecule has 0 saturated carbocycles. The number of rotatable bonds is 5. The quantitative estimate of drug-likeness (QED) is 0.836. The van der Waals surface area contributed by atoms with Crippen molar-refractivity contribution in [1.82, 2.24) is 0 Å². The molecule has 1 aliphatic heterocycles. The van der Waals surface area contributed by atoms with E-state index in [1.165, 1.54) is 0 Å². The molecule has 100 valence electrons. The Kier molecular flexibility index (Phi) is 5.22. The van der Waals surface area contributed by atoms with E-state index < -0.39 is 5.76 Å². The van der Waals surface area contributed by atoms with Crippen molar-refractivity contribution in [2.45, 2.75) is 23.2 Å². The van der Waals surface area contributed by atoms with Crippen LogP contribution in [0.2, 0.25) is 0 Å². The number of para-hydroxylation sites is 1. The summed E-state index contributed by atoms with van der Waals surface area (Å²) in [4.78, 5) is 0.555. The van der Waals surface area contributed by atoms with E-state index in [1.54, 1.807) is 18.2 Å². The Morgan fingerprint density at radius 1 is 1.39 bits per heavy atom. The van der Waals surface area contributed by atoms with Crippen LogP contribution in [0.15, 0.2) is 29.2 Å². The van der Waals surface area contributed by atoms with E-state index in [1.807, 2.05) is 6.07 Å². The summed E-state index contributed by atoms with van der Waals surface area (Å²) in [7, 11) is 0. The summed E-state index contributed by atoms with van der Waals surface area (Å²) in [5, 5.41) is 3.15. The number of nitrogens with one attached hydrogen (secondary N) is 1. The molecule has 0 aliphatic carbocycles. The Balaban J connectivity index is 1.91. The minimum Gasteiger partial charge on any atom is -0.382 e. The van der Waals surface area contributed by atoms with Crippen molar-refractivity contribution in [3.05, 3.63) is 24.3 Å². The average Bonchev–Trinajstić information content (AvgIpc) is 2.38. The molecule has 0 radical (unpaired) electrons. The molecule has 0 spiro atoms. The van der Waals surface area contributed by atoms with E-state index in [9.17, 15) is 8.78 Å². The first-order chi connectivity index (χ1) is 8.75. The molecule has 1 saturated heterocycles. The Labute approximate surface area is 109 Å². The summed E-state index contributed by atoms with van der Waals surface area (Å²) in [6.07, 6.45) is 0.889. The topological polar surface area (TPSA) is 30.5 Å². The molecule has 1 N–H and O–H groups in total. The van der Waals surface area contributed by atoms with Gasteiger partial charge in [-0.2, -0.15) is 8.78 Å². The van der Waals surface area contributed by atoms with Gasteiger partial charge in [0.1, 0.15) is 6.79 Å². The lowest BCUT2D eigenvalue weighted by molar-refractivity contribution is -0.133. The van der Waals surface area contributed by atoms with Crippen LogP contribution in [0.4, 0.5) is 14.5 Å². The van der Waals surface area contributed by atoms with Crippen molar-refractivity contribution in [3.8, 4) is 0 Å². The number of thioether (sulfide) groups is 1. The lowest BCUT2D eigenvalue weighted by Crippen LogP contribution is -2.30. The lowest BCUT2D eigenvalue weighted by atomic mass is 10.2. The molecule has 1 heterocycles. The van der Waals surface area contributed by atoms with Crippen molar-refractivity contribution in [3.63, 3.8) is 0 Å². The molecule has 1 unspecified atom stereocenters. The van der Waals surface area contributed by atoms with Gasteiger partial charge in [-0.3, -0.25) is 0 Å². The molecule has 0 bridgehead atoms. The van der Waals surface area contributed by atoms with Crippen LogP contribution in [0.3, 0.4) is 0 Å². The molecular weight excluding hydrogens is 260 g/mol. The second kappa shape index (κ2) is 6.92. The van der Waals surface area contributed by atoms with Gasteiger partial charge in [-0.05, 0) is 18.6 Å². The van der Waals surface area contributed by atoms with Crippen LogP contribution in [0.1, 0.15) is 6.42 Å². The van der Waals surface area contributed by atoms with Crippen molar-refractivity contribution in [2.75, 3.05) is 25.3 Å². The Morgan fingerprint density at radius 2 is 2.22 bits per heavy atom. The highest BCUT2D eigenvalue weighted by Gasteiger charge is 2.15. The van der Waals surface area contributed by atoms with Crippen molar-refractivity contribution >= 4 is 17.4 Å². The SMILES string of the molecule is FC(F)Sc1ccccc1NCC1CCOCO1. The van der Waals surface area contributed by atoms with Crippen molar-refractivity contribution in [2.24, 2.45) is 0 Å². The van der Waals surface area contributed by atoms with E-state index in [0.717, 1.165) is 12.1 Å². The molecule has 18 heavy (non-hydrogen) atoms. The Bertz CT molecular complexity index is 373. The zero-order valence-electron chi connectivity index (χ0n) is 9.77. The first-order valence-corrected chi connectivity index (χ1v) is 6.61. The van der Waals surface area contributed by atoms with Crippen LogP contribution in [-0.4, -0.2) is 31.8 Å². The molecular formula is C12H15F2NO2S. The third kappa shape index (κ3) is 4.12. The minimum atomic E-state index is -2.41. The van der Waals surface area contributed by atoms with Gasteiger partial charge in [0.2, 0.25) is 0 Å². The largest absolute Gasteiger partial charge is 0.382 e. The van der Waals surface area contributed by atoms with Crippen LogP contribution in [0, 0.1) is 0 Å². The third-order valence-corrected chi connectivity index (χ3v) is 3.38. The molecule has 0 aromatic heterocycles. The number of halogens is 2. The maximum atomic E-state index is 12.4. The number of ether oxygens (including phenoxy) is 2. The fourth-order valence-corrected chi connectivity index (χ4v) is 2.31. The van der Waals surface area contributed by atoms with E-state index in [2.05, 4.69) is 5.32 Å². The van der Waals surface area contributed by atoms with E-state index in [4.69, 9.17) is 9.47 Å². The first-order valence-electron chi connectivity index (χ1n) is 5.73. The summed E-state index contributed by atoms with van der Waals surface area (Å²) < 4.78 is 35.2. The normalized spacial score (nSPS) is 20.1. The van der Waals surface area contributed by atoms with Gasteiger partial charge in [0, 0.05) is 17.1 Å². The summed E-state index contributed by atoms with van der Waals surface area (Å²) in [6.45, 7) is 1.59. The first kappa shape index (κ1) is 13.6. The maximum Gasteiger partial charge on any atom is 0.288 e. The third-order valence-electron chi connectivity index (χ3n) is 2.59. The van der Waals surface area contributed by atoms with Gasteiger partial charge in [0.15, 0.2) is 0 Å². The molecule has 1 fully saturated rings. The lowest BCUT2D eigenvalue weighted by Gasteiger charge is -2.23. The smallest absolute Gasteiger partial charge is 0.288 e. The van der Waals surface area contributed by atoms with E-state index in [0.29, 0.717) is 36.6 Å². The zero-order chi connectivity index (χ0) is 12.8. The van der Waals surface area contributed by atoms with Gasteiger partial charge in [0.25, 0.3) is 5.76 Å². The summed E-state index contributed by atoms with van der Waals surface area (Å²) in [5.41, 5.74) is 0.720. The number of hydrogen-bond donors (Lipinski definition) is 1. The molecule has 6 heteroatoms. The van der Waals surface area contributed by atoms with E-state index in [-0.39, 0.29) is 6.10 Å². The second-order valence-corrected chi connectivity index (χ2v) is 4.89. The molecule has 1 aromatic carbocycles. The number of benzene rings is 1. The molecule has 1 aliphatic rings. The molecule has 1 aromatic rings.